The summed E-state index contributed by atoms with van der Waals surface area (Å²) in [6.45, 7) is 4.68. The van der Waals surface area contributed by atoms with E-state index in [1.54, 1.807) is 0 Å². The summed E-state index contributed by atoms with van der Waals surface area (Å²) >= 11 is 3.67. The van der Waals surface area contributed by atoms with Gasteiger partial charge in [0, 0.05) is 16.4 Å². The standard InChI is InChI=1S/C16H19BOS.C15H17BO2S/c1-12-9-15(19-11-12)7-5-13-4-6-14-3-2-8-17(18)16(14)10-13;1-11-7-9-19-15(11)5-3-12-2-4-13-6-8-18-16(17)14(13)10-12/h4,6,9-11,18H,2-3,5,7-8H2,1H3;2,4,7,9-10,17H,3,5-6,8H2,1H3. The van der Waals surface area contributed by atoms with E-state index < -0.39 is 7.12 Å². The summed E-state index contributed by atoms with van der Waals surface area (Å²) < 4.78 is 5.29. The Bertz CT molecular complexity index is 1360. The minimum Gasteiger partial charge on any atom is -0.446 e. The summed E-state index contributed by atoms with van der Waals surface area (Å²) in [6.07, 6.45) is 8.31. The molecule has 0 saturated heterocycles. The van der Waals surface area contributed by atoms with E-state index in [0.717, 1.165) is 56.7 Å². The van der Waals surface area contributed by atoms with Crippen molar-refractivity contribution in [3.05, 3.63) is 102 Å². The van der Waals surface area contributed by atoms with Crippen molar-refractivity contribution in [1.82, 2.24) is 0 Å². The van der Waals surface area contributed by atoms with Crippen molar-refractivity contribution in [3.63, 3.8) is 0 Å². The van der Waals surface area contributed by atoms with Crippen LogP contribution in [-0.4, -0.2) is 30.7 Å². The number of hydrogen-bond donors (Lipinski definition) is 2. The van der Waals surface area contributed by atoms with Crippen molar-refractivity contribution in [2.45, 2.75) is 65.1 Å². The Labute approximate surface area is 235 Å². The number of benzene rings is 2. The van der Waals surface area contributed by atoms with E-state index in [-0.39, 0.29) is 6.92 Å². The van der Waals surface area contributed by atoms with Gasteiger partial charge in [0.15, 0.2) is 0 Å². The second kappa shape index (κ2) is 12.8. The number of rotatable bonds is 6. The first-order valence-corrected chi connectivity index (χ1v) is 15.5. The molecule has 4 heterocycles. The van der Waals surface area contributed by atoms with Crippen LogP contribution in [-0.2, 0) is 43.2 Å². The van der Waals surface area contributed by atoms with E-state index in [2.05, 4.69) is 73.1 Å². The van der Waals surface area contributed by atoms with Gasteiger partial charge >= 0.3 is 14.0 Å². The number of hydrogen-bond acceptors (Lipinski definition) is 5. The van der Waals surface area contributed by atoms with Crippen molar-refractivity contribution in [2.24, 2.45) is 0 Å². The van der Waals surface area contributed by atoms with Crippen molar-refractivity contribution >= 4 is 47.6 Å². The zero-order valence-corrected chi connectivity index (χ0v) is 24.0. The molecule has 0 bridgehead atoms. The molecule has 0 saturated carbocycles. The maximum Gasteiger partial charge on any atom is 0.491 e. The predicted octanol–water partition coefficient (Wildman–Crippen LogP) is 5.08. The maximum atomic E-state index is 10.1. The summed E-state index contributed by atoms with van der Waals surface area (Å²) in [7, 11) is -0.743. The van der Waals surface area contributed by atoms with Crippen LogP contribution in [0.4, 0.5) is 0 Å². The van der Waals surface area contributed by atoms with Crippen LogP contribution in [0.1, 0.15) is 49.6 Å². The van der Waals surface area contributed by atoms with E-state index in [1.807, 2.05) is 22.7 Å². The molecule has 6 rings (SSSR count). The first-order chi connectivity index (χ1) is 18.5. The topological polar surface area (TPSA) is 49.7 Å². The molecular weight excluding hydrogens is 506 g/mol. The summed E-state index contributed by atoms with van der Waals surface area (Å²) in [5.41, 5.74) is 10.1. The van der Waals surface area contributed by atoms with Gasteiger partial charge in [-0.2, -0.15) is 0 Å². The van der Waals surface area contributed by atoms with Crippen molar-refractivity contribution in [2.75, 3.05) is 6.61 Å². The van der Waals surface area contributed by atoms with Crippen LogP contribution in [0.2, 0.25) is 6.32 Å². The minimum absolute atomic E-state index is 0.243. The first kappa shape index (κ1) is 27.4. The highest BCUT2D eigenvalue weighted by Gasteiger charge is 2.25. The lowest BCUT2D eigenvalue weighted by Gasteiger charge is -2.19. The molecule has 2 aromatic heterocycles. The third kappa shape index (κ3) is 6.88. The fourth-order valence-corrected chi connectivity index (χ4v) is 7.20. The molecule has 38 heavy (non-hydrogen) atoms. The van der Waals surface area contributed by atoms with Crippen LogP contribution in [0.15, 0.2) is 59.3 Å². The normalized spacial score (nSPS) is 14.5. The van der Waals surface area contributed by atoms with E-state index in [0.29, 0.717) is 6.61 Å². The SMILES string of the molecule is Cc1ccsc1CCc1ccc2c(c1)B(O)OCC2.Cc1csc(CCc2ccc3c(c2)B(O)CCC3)c1. The summed E-state index contributed by atoms with van der Waals surface area (Å²) in [4.78, 5) is 2.91. The molecule has 0 aliphatic carbocycles. The second-order valence-electron chi connectivity index (χ2n) is 10.6. The third-order valence-corrected chi connectivity index (χ3v) is 9.87. The molecule has 4 aromatic rings. The van der Waals surface area contributed by atoms with Crippen molar-refractivity contribution < 1.29 is 14.7 Å². The van der Waals surface area contributed by atoms with E-state index in [1.165, 1.54) is 48.6 Å². The van der Waals surface area contributed by atoms with Gasteiger partial charge in [-0.15, -0.1) is 22.7 Å². The molecule has 2 aliphatic heterocycles. The molecule has 3 nitrogen and oxygen atoms in total. The largest absolute Gasteiger partial charge is 0.491 e. The van der Waals surface area contributed by atoms with Gasteiger partial charge in [0.05, 0.1) is 0 Å². The van der Waals surface area contributed by atoms with Gasteiger partial charge in [0.25, 0.3) is 0 Å². The molecule has 0 radical (unpaired) electrons. The van der Waals surface area contributed by atoms with Gasteiger partial charge in [-0.05, 0) is 120 Å². The Morgan fingerprint density at radius 1 is 0.816 bits per heavy atom. The molecule has 0 unspecified atom stereocenters. The third-order valence-electron chi connectivity index (χ3n) is 7.67. The van der Waals surface area contributed by atoms with Gasteiger partial charge in [-0.3, -0.25) is 0 Å². The molecule has 0 spiro atoms. The lowest BCUT2D eigenvalue weighted by atomic mass is 9.53. The van der Waals surface area contributed by atoms with Gasteiger partial charge in [-0.1, -0.05) is 48.4 Å². The summed E-state index contributed by atoms with van der Waals surface area (Å²) in [6, 6.07) is 17.5. The fraction of sp³-hybridized carbons (Fsp3) is 0.355. The highest BCUT2D eigenvalue weighted by Crippen LogP contribution is 2.20. The highest BCUT2D eigenvalue weighted by atomic mass is 32.1. The average Bonchev–Trinajstić information content (AvgIpc) is 3.54. The molecule has 2 aromatic carbocycles. The summed E-state index contributed by atoms with van der Waals surface area (Å²) in [5, 5.41) is 24.3. The number of aryl methyl sites for hydroxylation is 7. The Balaban J connectivity index is 0.000000155. The Hall–Kier alpha value is -2.15. The van der Waals surface area contributed by atoms with E-state index in [4.69, 9.17) is 4.65 Å². The van der Waals surface area contributed by atoms with Gasteiger partial charge < -0.3 is 14.7 Å². The molecule has 2 N–H and O–H groups in total. The van der Waals surface area contributed by atoms with Crippen LogP contribution in [0.25, 0.3) is 0 Å². The maximum absolute atomic E-state index is 10.1. The van der Waals surface area contributed by atoms with Crippen LogP contribution in [0.3, 0.4) is 0 Å². The van der Waals surface area contributed by atoms with Crippen LogP contribution in [0, 0.1) is 13.8 Å². The summed E-state index contributed by atoms with van der Waals surface area (Å²) in [5.74, 6) is 0. The second-order valence-corrected chi connectivity index (χ2v) is 12.6. The van der Waals surface area contributed by atoms with Crippen molar-refractivity contribution in [1.29, 1.82) is 0 Å². The zero-order chi connectivity index (χ0) is 26.5. The molecule has 196 valence electrons. The molecule has 2 aliphatic rings. The first-order valence-electron chi connectivity index (χ1n) is 13.7. The van der Waals surface area contributed by atoms with Gasteiger partial charge in [0.2, 0.25) is 0 Å². The zero-order valence-electron chi connectivity index (χ0n) is 22.4. The number of fused-ring (bicyclic) bond motifs is 2. The molecule has 7 heteroatoms. The Morgan fingerprint density at radius 3 is 2.26 bits per heavy atom. The minimum atomic E-state index is -0.743. The lowest BCUT2D eigenvalue weighted by Crippen LogP contribution is -2.41. The average molecular weight is 542 g/mol. The predicted molar refractivity (Wildman–Crippen MR) is 164 cm³/mol. The van der Waals surface area contributed by atoms with Crippen LogP contribution >= 0.6 is 22.7 Å². The molecule has 0 fully saturated rings. The highest BCUT2D eigenvalue weighted by molar-refractivity contribution is 7.10. The Morgan fingerprint density at radius 2 is 1.55 bits per heavy atom. The quantitative estimate of drug-likeness (QED) is 0.335. The smallest absolute Gasteiger partial charge is 0.446 e. The lowest BCUT2D eigenvalue weighted by molar-refractivity contribution is 0.266. The van der Waals surface area contributed by atoms with Crippen LogP contribution < -0.4 is 10.9 Å². The fourth-order valence-electron chi connectivity index (χ4n) is 5.41. The molecule has 0 amide bonds. The van der Waals surface area contributed by atoms with Gasteiger partial charge in [0.1, 0.15) is 0 Å². The molecule has 0 atom stereocenters. The van der Waals surface area contributed by atoms with E-state index >= 15 is 0 Å². The van der Waals surface area contributed by atoms with Gasteiger partial charge in [-0.25, -0.2) is 0 Å². The number of thiophene rings is 2. The van der Waals surface area contributed by atoms with Crippen LogP contribution in [0.5, 0.6) is 0 Å². The van der Waals surface area contributed by atoms with E-state index in [9.17, 15) is 10.0 Å². The van der Waals surface area contributed by atoms with Crippen molar-refractivity contribution in [3.8, 4) is 0 Å². The monoisotopic (exact) mass is 542 g/mol. The molecular formula is C31H36B2O3S2. The Kier molecular flexibility index (Phi) is 9.24.